The van der Waals surface area contributed by atoms with Gasteiger partial charge in [0.25, 0.3) is 0 Å². The highest BCUT2D eigenvalue weighted by Gasteiger charge is 2.17. The van der Waals surface area contributed by atoms with Crippen LogP contribution in [0.5, 0.6) is 0 Å². The van der Waals surface area contributed by atoms with Crippen LogP contribution in [0, 0.1) is 30.1 Å². The fourth-order valence-corrected chi connectivity index (χ4v) is 1.16. The van der Waals surface area contributed by atoms with Crippen molar-refractivity contribution < 1.29 is 15.3 Å². The van der Waals surface area contributed by atoms with Crippen LogP contribution in [0.3, 0.4) is 0 Å². The zero-order valence-corrected chi connectivity index (χ0v) is 13.2. The molecule has 3 nitrogen and oxygen atoms in total. The van der Waals surface area contributed by atoms with E-state index in [2.05, 4.69) is 17.8 Å². The van der Waals surface area contributed by atoms with Crippen LogP contribution in [0.1, 0.15) is 54.9 Å². The van der Waals surface area contributed by atoms with Crippen molar-refractivity contribution in [1.29, 1.82) is 0 Å². The van der Waals surface area contributed by atoms with Gasteiger partial charge in [-0.3, -0.25) is 0 Å². The molecule has 0 aromatic carbocycles. The van der Waals surface area contributed by atoms with Crippen LogP contribution in [0.4, 0.5) is 0 Å². The first-order valence-electron chi connectivity index (χ1n) is 6.38. The molecule has 0 aliphatic rings. The smallest absolute Gasteiger partial charge is 0.122 e. The molecule has 0 aromatic rings. The summed E-state index contributed by atoms with van der Waals surface area (Å²) in [5, 5.41) is 27.4. The molecule has 3 N–H and O–H groups in total. The van der Waals surface area contributed by atoms with E-state index < -0.39 is 16.8 Å². The summed E-state index contributed by atoms with van der Waals surface area (Å²) in [4.78, 5) is 0. The van der Waals surface area contributed by atoms with Crippen molar-refractivity contribution in [1.82, 2.24) is 0 Å². The molecule has 0 fully saturated rings. The summed E-state index contributed by atoms with van der Waals surface area (Å²) in [6.45, 7) is 12.0. The Morgan fingerprint density at radius 3 is 1.32 bits per heavy atom. The second kappa shape index (κ2) is 7.56. The van der Waals surface area contributed by atoms with Crippen LogP contribution < -0.4 is 0 Å². The zero-order chi connectivity index (χ0) is 15.9. The zero-order valence-electron chi connectivity index (χ0n) is 13.2. The number of terminal acetylenes is 1. The maximum absolute atomic E-state index is 9.26. The first-order valence-corrected chi connectivity index (χ1v) is 6.38. The minimum atomic E-state index is -1.01. The number of hydrogen-bond acceptors (Lipinski definition) is 3. The van der Waals surface area contributed by atoms with Crippen LogP contribution in [-0.4, -0.2) is 32.1 Å². The molecule has 0 saturated heterocycles. The van der Waals surface area contributed by atoms with Crippen LogP contribution >= 0.6 is 0 Å². The van der Waals surface area contributed by atoms with Crippen molar-refractivity contribution in [3.05, 3.63) is 0 Å². The standard InChI is InChI=1S/C8H14O2.C8H14O/c1-7(2,9)5-6-8(3,4)10;1-5-8(4,9)6-7(2)3/h9-10H,1-4H3;1,7,9H,6H2,2-4H3. The van der Waals surface area contributed by atoms with E-state index in [1.165, 1.54) is 0 Å². The van der Waals surface area contributed by atoms with Gasteiger partial charge < -0.3 is 15.3 Å². The van der Waals surface area contributed by atoms with E-state index in [0.717, 1.165) is 0 Å². The van der Waals surface area contributed by atoms with E-state index in [4.69, 9.17) is 16.6 Å². The lowest BCUT2D eigenvalue weighted by Crippen LogP contribution is -2.23. The Balaban J connectivity index is 0. The van der Waals surface area contributed by atoms with Gasteiger partial charge in [0.15, 0.2) is 0 Å². The minimum Gasteiger partial charge on any atom is -0.378 e. The van der Waals surface area contributed by atoms with Gasteiger partial charge in [0.2, 0.25) is 0 Å². The van der Waals surface area contributed by atoms with Crippen LogP contribution in [0.25, 0.3) is 0 Å². The van der Waals surface area contributed by atoms with Crippen molar-refractivity contribution in [3.63, 3.8) is 0 Å². The minimum absolute atomic E-state index is 0.455. The average molecular weight is 268 g/mol. The van der Waals surface area contributed by atoms with Crippen molar-refractivity contribution in [2.75, 3.05) is 0 Å². The lowest BCUT2D eigenvalue weighted by Gasteiger charge is -2.17. The second-order valence-electron chi connectivity index (χ2n) is 6.38. The highest BCUT2D eigenvalue weighted by atomic mass is 16.3. The normalized spacial score (nSPS) is 14.4. The Hall–Kier alpha value is -1.00. The molecule has 0 rings (SSSR count). The maximum atomic E-state index is 9.26. The molecule has 0 radical (unpaired) electrons. The lowest BCUT2D eigenvalue weighted by atomic mass is 9.95. The van der Waals surface area contributed by atoms with Crippen molar-refractivity contribution in [2.24, 2.45) is 5.92 Å². The molecule has 0 heterocycles. The summed E-state index contributed by atoms with van der Waals surface area (Å²) in [7, 11) is 0. The summed E-state index contributed by atoms with van der Waals surface area (Å²) in [6.07, 6.45) is 5.72. The van der Waals surface area contributed by atoms with E-state index >= 15 is 0 Å². The van der Waals surface area contributed by atoms with Crippen molar-refractivity contribution in [2.45, 2.75) is 71.7 Å². The molecule has 1 atom stereocenters. The maximum Gasteiger partial charge on any atom is 0.122 e. The second-order valence-corrected chi connectivity index (χ2v) is 6.38. The third-order valence-electron chi connectivity index (χ3n) is 1.79. The topological polar surface area (TPSA) is 60.7 Å². The van der Waals surface area contributed by atoms with Gasteiger partial charge >= 0.3 is 0 Å². The van der Waals surface area contributed by atoms with Crippen molar-refractivity contribution >= 4 is 0 Å². The largest absolute Gasteiger partial charge is 0.378 e. The van der Waals surface area contributed by atoms with E-state index in [0.29, 0.717) is 12.3 Å². The molecule has 0 amide bonds. The molecule has 110 valence electrons. The Labute approximate surface area is 118 Å². The lowest BCUT2D eigenvalue weighted by molar-refractivity contribution is 0.0978. The molecule has 0 bridgehead atoms. The first-order chi connectivity index (χ1) is 8.18. The Bertz CT molecular complexity index is 331. The summed E-state index contributed by atoms with van der Waals surface area (Å²) >= 11 is 0. The molecular formula is C16H28O3. The highest BCUT2D eigenvalue weighted by Crippen LogP contribution is 2.14. The number of rotatable bonds is 2. The SMILES string of the molecule is C#CC(C)(O)CC(C)C.CC(C)(O)C#CC(C)(C)O. The van der Waals surface area contributed by atoms with E-state index in [9.17, 15) is 5.11 Å². The molecule has 0 aliphatic carbocycles. The monoisotopic (exact) mass is 268 g/mol. The van der Waals surface area contributed by atoms with Crippen LogP contribution in [-0.2, 0) is 0 Å². The molecular weight excluding hydrogens is 240 g/mol. The van der Waals surface area contributed by atoms with Gasteiger partial charge in [0.05, 0.1) is 0 Å². The van der Waals surface area contributed by atoms with Gasteiger partial charge in [-0.1, -0.05) is 31.6 Å². The molecule has 0 spiro atoms. The molecule has 0 saturated carbocycles. The Morgan fingerprint density at radius 1 is 0.895 bits per heavy atom. The third-order valence-corrected chi connectivity index (χ3v) is 1.79. The fourth-order valence-electron chi connectivity index (χ4n) is 1.16. The van der Waals surface area contributed by atoms with E-state index in [1.807, 2.05) is 13.8 Å². The number of hydrogen-bond donors (Lipinski definition) is 3. The predicted octanol–water partition coefficient (Wildman–Crippen LogP) is 1.95. The van der Waals surface area contributed by atoms with Gasteiger partial charge in [-0.2, -0.15) is 0 Å². The molecule has 1 unspecified atom stereocenters. The average Bonchev–Trinajstić information content (AvgIpc) is 2.12. The molecule has 0 aliphatic heterocycles. The predicted molar refractivity (Wildman–Crippen MR) is 79.3 cm³/mol. The Morgan fingerprint density at radius 2 is 1.21 bits per heavy atom. The quantitative estimate of drug-likeness (QED) is 0.671. The van der Waals surface area contributed by atoms with Gasteiger partial charge in [-0.25, -0.2) is 0 Å². The fraction of sp³-hybridized carbons (Fsp3) is 0.750. The summed E-state index contributed by atoms with van der Waals surface area (Å²) in [5.74, 6) is 7.82. The Kier molecular flexibility index (Phi) is 8.08. The van der Waals surface area contributed by atoms with Crippen LogP contribution in [0.15, 0.2) is 0 Å². The van der Waals surface area contributed by atoms with Gasteiger partial charge in [0.1, 0.15) is 16.8 Å². The van der Waals surface area contributed by atoms with E-state index in [-0.39, 0.29) is 0 Å². The van der Waals surface area contributed by atoms with Crippen molar-refractivity contribution in [3.8, 4) is 24.2 Å². The third kappa shape index (κ3) is 19.5. The highest BCUT2D eigenvalue weighted by molar-refractivity contribution is 5.16. The summed E-state index contributed by atoms with van der Waals surface area (Å²) < 4.78 is 0. The summed E-state index contributed by atoms with van der Waals surface area (Å²) in [5.41, 5.74) is -2.94. The molecule has 0 aromatic heterocycles. The molecule has 3 heteroatoms. The van der Waals surface area contributed by atoms with Crippen LogP contribution in [0.2, 0.25) is 0 Å². The van der Waals surface area contributed by atoms with Gasteiger partial charge in [0, 0.05) is 0 Å². The first kappa shape index (κ1) is 20.3. The van der Waals surface area contributed by atoms with Gasteiger partial charge in [-0.15, -0.1) is 6.42 Å². The number of aliphatic hydroxyl groups is 3. The van der Waals surface area contributed by atoms with E-state index in [1.54, 1.807) is 34.6 Å². The summed E-state index contributed by atoms with van der Waals surface area (Å²) in [6, 6.07) is 0. The van der Waals surface area contributed by atoms with Gasteiger partial charge in [-0.05, 0) is 47.0 Å². The molecule has 19 heavy (non-hydrogen) atoms.